The maximum atomic E-state index is 12.4. The Morgan fingerprint density at radius 3 is 2.81 bits per heavy atom. The van der Waals surface area contributed by atoms with Gasteiger partial charge in [0.05, 0.1) is 6.54 Å². The largest absolute Gasteiger partial charge is 0.359 e. The van der Waals surface area contributed by atoms with Crippen LogP contribution in [-0.2, 0) is 11.3 Å². The maximum Gasteiger partial charge on any atom is 0.254 e. The van der Waals surface area contributed by atoms with Crippen LogP contribution in [-0.4, -0.2) is 64.5 Å². The van der Waals surface area contributed by atoms with E-state index in [-0.39, 0.29) is 5.91 Å². The van der Waals surface area contributed by atoms with Crippen molar-refractivity contribution in [3.8, 4) is 11.3 Å². The summed E-state index contributed by atoms with van der Waals surface area (Å²) < 4.78 is 5.48. The molecule has 8 heteroatoms. The lowest BCUT2D eigenvalue weighted by Gasteiger charge is -2.34. The van der Waals surface area contributed by atoms with Crippen molar-refractivity contribution >= 4 is 11.9 Å². The van der Waals surface area contributed by atoms with E-state index in [1.807, 2.05) is 37.2 Å². The number of amides is 1. The summed E-state index contributed by atoms with van der Waals surface area (Å²) in [6.07, 6.45) is 4.92. The second kappa shape index (κ2) is 6.53. The molecule has 136 valence electrons. The standard InChI is InChI=1S/C18H22N6O2/c1-23(2)17-20-16(25)18(21-17)5-8-24(9-6-18)12-14-10-15(22-26-14)13-4-3-7-19-11-13/h3-4,7,10-11H,5-6,8-9,12H2,1-2H3,(H,20,21,25). The van der Waals surface area contributed by atoms with Crippen molar-refractivity contribution in [2.45, 2.75) is 24.9 Å². The number of rotatable bonds is 3. The molecular weight excluding hydrogens is 332 g/mol. The number of piperidine rings is 1. The molecule has 0 aliphatic carbocycles. The molecule has 26 heavy (non-hydrogen) atoms. The zero-order valence-corrected chi connectivity index (χ0v) is 15.0. The van der Waals surface area contributed by atoms with Crippen molar-refractivity contribution in [2.75, 3.05) is 27.2 Å². The quantitative estimate of drug-likeness (QED) is 0.889. The van der Waals surface area contributed by atoms with Gasteiger partial charge in [-0.1, -0.05) is 5.16 Å². The number of hydrogen-bond donors (Lipinski definition) is 1. The SMILES string of the molecule is CN(C)C1=NC2(CCN(Cc3cc(-c4cccnc4)no3)CC2)C(=O)N1. The Morgan fingerprint density at radius 1 is 1.35 bits per heavy atom. The Morgan fingerprint density at radius 2 is 2.15 bits per heavy atom. The molecule has 2 aromatic rings. The van der Waals surface area contributed by atoms with E-state index in [0.717, 1.165) is 30.1 Å². The number of nitrogens with one attached hydrogen (secondary N) is 1. The molecule has 1 fully saturated rings. The summed E-state index contributed by atoms with van der Waals surface area (Å²) in [5.41, 5.74) is 1.11. The van der Waals surface area contributed by atoms with Crippen LogP contribution in [0.4, 0.5) is 0 Å². The third kappa shape index (κ3) is 3.08. The summed E-state index contributed by atoms with van der Waals surface area (Å²) in [7, 11) is 3.77. The normalized spacial score (nSPS) is 19.5. The number of nitrogens with zero attached hydrogens (tertiary/aromatic N) is 5. The second-order valence-electron chi connectivity index (χ2n) is 7.01. The lowest BCUT2D eigenvalue weighted by molar-refractivity contribution is -0.125. The van der Waals surface area contributed by atoms with Gasteiger partial charge in [0.15, 0.2) is 5.76 Å². The first kappa shape index (κ1) is 16.7. The molecule has 2 aromatic heterocycles. The van der Waals surface area contributed by atoms with Crippen LogP contribution in [0.1, 0.15) is 18.6 Å². The Hall–Kier alpha value is -2.74. The smallest absolute Gasteiger partial charge is 0.254 e. The molecule has 0 atom stereocenters. The van der Waals surface area contributed by atoms with E-state index >= 15 is 0 Å². The minimum absolute atomic E-state index is 0.0133. The summed E-state index contributed by atoms with van der Waals surface area (Å²) in [4.78, 5) is 25.3. The van der Waals surface area contributed by atoms with Crippen molar-refractivity contribution in [2.24, 2.45) is 4.99 Å². The molecule has 4 heterocycles. The van der Waals surface area contributed by atoms with Crippen LogP contribution in [0.25, 0.3) is 11.3 Å². The first-order valence-corrected chi connectivity index (χ1v) is 8.73. The monoisotopic (exact) mass is 354 g/mol. The van der Waals surface area contributed by atoms with E-state index in [2.05, 4.69) is 25.3 Å². The van der Waals surface area contributed by atoms with Gasteiger partial charge >= 0.3 is 0 Å². The van der Waals surface area contributed by atoms with Crippen LogP contribution < -0.4 is 5.32 Å². The van der Waals surface area contributed by atoms with Gasteiger partial charge in [0, 0.05) is 51.2 Å². The van der Waals surface area contributed by atoms with Crippen LogP contribution in [0, 0.1) is 0 Å². The van der Waals surface area contributed by atoms with Crippen LogP contribution >= 0.6 is 0 Å². The fourth-order valence-corrected chi connectivity index (χ4v) is 3.39. The predicted octanol–water partition coefficient (Wildman–Crippen LogP) is 1.12. The molecular formula is C18H22N6O2. The minimum atomic E-state index is -0.613. The number of carbonyl (C=O) groups excluding carboxylic acids is 1. The Labute approximate surface area is 151 Å². The molecule has 0 radical (unpaired) electrons. The summed E-state index contributed by atoms with van der Waals surface area (Å²) in [5.74, 6) is 1.48. The average Bonchev–Trinajstić information content (AvgIpc) is 3.24. The van der Waals surface area contributed by atoms with Gasteiger partial charge in [-0.2, -0.15) is 0 Å². The number of hydrogen-bond acceptors (Lipinski definition) is 7. The van der Waals surface area contributed by atoms with E-state index in [1.54, 1.807) is 12.4 Å². The average molecular weight is 354 g/mol. The van der Waals surface area contributed by atoms with E-state index < -0.39 is 5.54 Å². The van der Waals surface area contributed by atoms with E-state index in [0.29, 0.717) is 25.3 Å². The van der Waals surface area contributed by atoms with Crippen molar-refractivity contribution in [3.63, 3.8) is 0 Å². The van der Waals surface area contributed by atoms with Crippen molar-refractivity contribution in [3.05, 3.63) is 36.4 Å². The molecule has 0 saturated carbocycles. The first-order chi connectivity index (χ1) is 12.6. The molecule has 1 spiro atoms. The highest BCUT2D eigenvalue weighted by Crippen LogP contribution is 2.31. The highest BCUT2D eigenvalue weighted by atomic mass is 16.5. The van der Waals surface area contributed by atoms with Gasteiger partial charge in [-0.25, -0.2) is 4.99 Å². The molecule has 1 N–H and O–H groups in total. The number of aliphatic imine (C=N–C) groups is 1. The van der Waals surface area contributed by atoms with Crippen LogP contribution in [0.5, 0.6) is 0 Å². The fourth-order valence-electron chi connectivity index (χ4n) is 3.39. The molecule has 4 rings (SSSR count). The van der Waals surface area contributed by atoms with Gasteiger partial charge in [-0.15, -0.1) is 0 Å². The topological polar surface area (TPSA) is 86.9 Å². The van der Waals surface area contributed by atoms with Crippen molar-refractivity contribution < 1.29 is 9.32 Å². The van der Waals surface area contributed by atoms with Crippen LogP contribution in [0.3, 0.4) is 0 Å². The molecule has 0 unspecified atom stereocenters. The van der Waals surface area contributed by atoms with Crippen LogP contribution in [0.2, 0.25) is 0 Å². The molecule has 1 saturated heterocycles. The number of aromatic nitrogens is 2. The molecule has 2 aliphatic heterocycles. The van der Waals surface area contributed by atoms with Gasteiger partial charge in [-0.3, -0.25) is 20.0 Å². The Balaban J connectivity index is 1.39. The summed E-state index contributed by atoms with van der Waals surface area (Å²) in [5, 5.41) is 7.02. The van der Waals surface area contributed by atoms with Crippen molar-refractivity contribution in [1.29, 1.82) is 0 Å². The number of carbonyl (C=O) groups is 1. The molecule has 0 aromatic carbocycles. The zero-order chi connectivity index (χ0) is 18.1. The summed E-state index contributed by atoms with van der Waals surface area (Å²) in [6.45, 7) is 2.26. The molecule has 8 nitrogen and oxygen atoms in total. The van der Waals surface area contributed by atoms with Gasteiger partial charge in [0.1, 0.15) is 11.2 Å². The lowest BCUT2D eigenvalue weighted by atomic mass is 9.88. The maximum absolute atomic E-state index is 12.4. The lowest BCUT2D eigenvalue weighted by Crippen LogP contribution is -2.49. The number of likely N-dealkylation sites (tertiary alicyclic amines) is 1. The first-order valence-electron chi connectivity index (χ1n) is 8.73. The van der Waals surface area contributed by atoms with E-state index in [9.17, 15) is 4.79 Å². The zero-order valence-electron chi connectivity index (χ0n) is 15.0. The second-order valence-corrected chi connectivity index (χ2v) is 7.01. The summed E-state index contributed by atoms with van der Waals surface area (Å²) in [6, 6.07) is 5.78. The van der Waals surface area contributed by atoms with Gasteiger partial charge < -0.3 is 9.42 Å². The van der Waals surface area contributed by atoms with Crippen molar-refractivity contribution in [1.82, 2.24) is 25.3 Å². The fraction of sp³-hybridized carbons (Fsp3) is 0.444. The highest BCUT2D eigenvalue weighted by Gasteiger charge is 2.46. The van der Waals surface area contributed by atoms with Gasteiger partial charge in [0.25, 0.3) is 5.91 Å². The van der Waals surface area contributed by atoms with E-state index in [1.165, 1.54) is 0 Å². The highest BCUT2D eigenvalue weighted by molar-refractivity contribution is 6.07. The van der Waals surface area contributed by atoms with E-state index in [4.69, 9.17) is 4.52 Å². The van der Waals surface area contributed by atoms with Gasteiger partial charge in [-0.05, 0) is 25.0 Å². The third-order valence-corrected chi connectivity index (χ3v) is 4.97. The minimum Gasteiger partial charge on any atom is -0.359 e. The Kier molecular flexibility index (Phi) is 4.20. The summed E-state index contributed by atoms with van der Waals surface area (Å²) >= 11 is 0. The Bertz CT molecular complexity index is 821. The third-order valence-electron chi connectivity index (χ3n) is 4.97. The number of pyridine rings is 1. The molecule has 0 bridgehead atoms. The number of guanidine groups is 1. The van der Waals surface area contributed by atoms with Gasteiger partial charge in [0.2, 0.25) is 5.96 Å². The molecule has 1 amide bonds. The molecule has 2 aliphatic rings. The predicted molar refractivity (Wildman–Crippen MR) is 96.2 cm³/mol. The van der Waals surface area contributed by atoms with Crippen LogP contribution in [0.15, 0.2) is 40.1 Å².